The summed E-state index contributed by atoms with van der Waals surface area (Å²) in [5.74, 6) is -0.834. The normalized spacial score (nSPS) is 10.2. The zero-order valence-electron chi connectivity index (χ0n) is 9.54. The molecule has 0 saturated heterocycles. The molecule has 0 saturated carbocycles. The lowest BCUT2D eigenvalue weighted by Gasteiger charge is -2.13. The van der Waals surface area contributed by atoms with Crippen LogP contribution in [0.1, 0.15) is 40.4 Å². The Kier molecular flexibility index (Phi) is 5.23. The van der Waals surface area contributed by atoms with Gasteiger partial charge in [-0.1, -0.05) is 22.0 Å². The lowest BCUT2D eigenvalue weighted by atomic mass is 9.97. The van der Waals surface area contributed by atoms with E-state index in [0.717, 1.165) is 6.07 Å². The van der Waals surface area contributed by atoms with Gasteiger partial charge in [-0.25, -0.2) is 13.6 Å². The molecule has 0 N–H and O–H groups in total. The van der Waals surface area contributed by atoms with Crippen LogP contribution in [0.5, 0.6) is 0 Å². The summed E-state index contributed by atoms with van der Waals surface area (Å²) in [4.78, 5) is 11.7. The van der Waals surface area contributed by atoms with Crippen LogP contribution in [0.2, 0.25) is 0 Å². The summed E-state index contributed by atoms with van der Waals surface area (Å²) in [7, 11) is 0. The number of ether oxygens (including phenoxy) is 1. The fourth-order valence-corrected chi connectivity index (χ4v) is 2.12. The van der Waals surface area contributed by atoms with Gasteiger partial charge in [0.15, 0.2) is 0 Å². The minimum absolute atomic E-state index is 0.0834. The van der Waals surface area contributed by atoms with Crippen molar-refractivity contribution >= 4 is 21.9 Å². The standard InChI is InChI=1S/C12H10BrF2NO2/c1-2-18-12(17)10-8(11(14)15)4-3-7(6-16)9(10)5-13/h3-4,11H,2,5H2,1H3. The van der Waals surface area contributed by atoms with E-state index in [2.05, 4.69) is 15.9 Å². The van der Waals surface area contributed by atoms with E-state index < -0.39 is 18.0 Å². The van der Waals surface area contributed by atoms with Gasteiger partial charge in [0.2, 0.25) is 0 Å². The Hall–Kier alpha value is -1.48. The van der Waals surface area contributed by atoms with E-state index in [9.17, 15) is 13.6 Å². The maximum absolute atomic E-state index is 12.9. The Balaban J connectivity index is 3.49. The summed E-state index contributed by atoms with van der Waals surface area (Å²) < 4.78 is 30.5. The van der Waals surface area contributed by atoms with Gasteiger partial charge in [0.05, 0.1) is 23.8 Å². The molecule has 0 radical (unpaired) electrons. The van der Waals surface area contributed by atoms with Crippen LogP contribution in [0.3, 0.4) is 0 Å². The highest BCUT2D eigenvalue weighted by Gasteiger charge is 2.24. The van der Waals surface area contributed by atoms with Gasteiger partial charge < -0.3 is 4.74 Å². The summed E-state index contributed by atoms with van der Waals surface area (Å²) in [5, 5.41) is 9.03. The van der Waals surface area contributed by atoms with Gasteiger partial charge in [-0.15, -0.1) is 0 Å². The van der Waals surface area contributed by atoms with Crippen LogP contribution in [-0.2, 0) is 10.1 Å². The molecule has 0 aliphatic rings. The van der Waals surface area contributed by atoms with Crippen LogP contribution in [-0.4, -0.2) is 12.6 Å². The van der Waals surface area contributed by atoms with Crippen molar-refractivity contribution in [2.24, 2.45) is 0 Å². The second-order valence-electron chi connectivity index (χ2n) is 3.32. The van der Waals surface area contributed by atoms with Crippen molar-refractivity contribution in [1.29, 1.82) is 5.26 Å². The van der Waals surface area contributed by atoms with Crippen LogP contribution in [0.4, 0.5) is 8.78 Å². The molecule has 0 fully saturated rings. The summed E-state index contributed by atoms with van der Waals surface area (Å²) in [5.41, 5.74) is -0.224. The molecule has 6 heteroatoms. The molecular formula is C12H10BrF2NO2. The topological polar surface area (TPSA) is 50.1 Å². The van der Waals surface area contributed by atoms with Crippen LogP contribution < -0.4 is 0 Å². The van der Waals surface area contributed by atoms with Gasteiger partial charge in [-0.2, -0.15) is 5.26 Å². The minimum atomic E-state index is -2.80. The average Bonchev–Trinajstić information content (AvgIpc) is 2.36. The first kappa shape index (κ1) is 14.6. The van der Waals surface area contributed by atoms with Gasteiger partial charge in [-0.3, -0.25) is 0 Å². The van der Waals surface area contributed by atoms with Gasteiger partial charge in [0.25, 0.3) is 6.43 Å². The van der Waals surface area contributed by atoms with Gasteiger partial charge in [0, 0.05) is 10.9 Å². The molecular weight excluding hydrogens is 308 g/mol. The molecule has 18 heavy (non-hydrogen) atoms. The molecule has 0 aromatic heterocycles. The number of esters is 1. The maximum Gasteiger partial charge on any atom is 0.338 e. The van der Waals surface area contributed by atoms with Crippen LogP contribution >= 0.6 is 15.9 Å². The van der Waals surface area contributed by atoms with Crippen molar-refractivity contribution in [3.8, 4) is 6.07 Å². The van der Waals surface area contributed by atoms with Crippen molar-refractivity contribution in [2.75, 3.05) is 6.61 Å². The third kappa shape index (κ3) is 2.85. The van der Waals surface area contributed by atoms with Crippen LogP contribution in [0, 0.1) is 11.3 Å². The lowest BCUT2D eigenvalue weighted by Crippen LogP contribution is -2.12. The number of nitrogens with zero attached hydrogens (tertiary/aromatic N) is 1. The first-order chi connectivity index (χ1) is 8.56. The molecule has 1 rings (SSSR count). The Morgan fingerprint density at radius 2 is 2.22 bits per heavy atom. The van der Waals surface area contributed by atoms with Gasteiger partial charge in [0.1, 0.15) is 0 Å². The zero-order chi connectivity index (χ0) is 13.7. The molecule has 0 bridgehead atoms. The number of carbonyl (C=O) groups is 1. The smallest absolute Gasteiger partial charge is 0.338 e. The monoisotopic (exact) mass is 317 g/mol. The van der Waals surface area contributed by atoms with E-state index in [1.54, 1.807) is 6.92 Å². The molecule has 0 aliphatic carbocycles. The van der Waals surface area contributed by atoms with E-state index in [1.165, 1.54) is 6.07 Å². The fourth-order valence-electron chi connectivity index (χ4n) is 1.54. The average molecular weight is 318 g/mol. The van der Waals surface area contributed by atoms with Crippen molar-refractivity contribution in [1.82, 2.24) is 0 Å². The van der Waals surface area contributed by atoms with Gasteiger partial charge in [-0.05, 0) is 18.6 Å². The molecule has 96 valence electrons. The summed E-state index contributed by atoms with van der Waals surface area (Å²) in [6.07, 6.45) is -2.80. The van der Waals surface area contributed by atoms with E-state index >= 15 is 0 Å². The molecule has 0 amide bonds. The number of alkyl halides is 3. The molecule has 0 spiro atoms. The number of benzene rings is 1. The highest BCUT2D eigenvalue weighted by Crippen LogP contribution is 2.29. The molecule has 3 nitrogen and oxygen atoms in total. The third-order valence-corrected chi connectivity index (χ3v) is 2.87. The highest BCUT2D eigenvalue weighted by atomic mass is 79.9. The number of nitriles is 1. The number of hydrogen-bond donors (Lipinski definition) is 0. The Morgan fingerprint density at radius 3 is 2.67 bits per heavy atom. The van der Waals surface area contributed by atoms with Crippen molar-refractivity contribution in [3.05, 3.63) is 34.4 Å². The number of carbonyl (C=O) groups excluding carboxylic acids is 1. The summed E-state index contributed by atoms with van der Waals surface area (Å²) in [6, 6.07) is 4.23. The lowest BCUT2D eigenvalue weighted by molar-refractivity contribution is 0.0514. The minimum Gasteiger partial charge on any atom is -0.462 e. The van der Waals surface area contributed by atoms with Crippen LogP contribution in [0.15, 0.2) is 12.1 Å². The predicted molar refractivity (Wildman–Crippen MR) is 64.7 cm³/mol. The second kappa shape index (κ2) is 6.45. The molecule has 0 aliphatic heterocycles. The third-order valence-electron chi connectivity index (χ3n) is 2.31. The van der Waals surface area contributed by atoms with E-state index in [-0.39, 0.29) is 28.6 Å². The molecule has 1 aromatic carbocycles. The summed E-state index contributed by atoms with van der Waals surface area (Å²) >= 11 is 3.10. The predicted octanol–water partition coefficient (Wildman–Crippen LogP) is 3.57. The number of hydrogen-bond acceptors (Lipinski definition) is 3. The fraction of sp³-hybridized carbons (Fsp3) is 0.333. The molecule has 0 heterocycles. The Morgan fingerprint density at radius 1 is 1.56 bits per heavy atom. The first-order valence-electron chi connectivity index (χ1n) is 5.13. The Bertz CT molecular complexity index is 498. The quantitative estimate of drug-likeness (QED) is 0.630. The molecule has 1 aromatic rings. The van der Waals surface area contributed by atoms with Crippen molar-refractivity contribution in [2.45, 2.75) is 18.7 Å². The zero-order valence-corrected chi connectivity index (χ0v) is 11.1. The second-order valence-corrected chi connectivity index (χ2v) is 3.88. The molecule has 0 atom stereocenters. The van der Waals surface area contributed by atoms with Crippen molar-refractivity contribution < 1.29 is 18.3 Å². The summed E-state index contributed by atoms with van der Waals surface area (Å²) in [6.45, 7) is 1.67. The van der Waals surface area contributed by atoms with Gasteiger partial charge >= 0.3 is 5.97 Å². The van der Waals surface area contributed by atoms with Crippen molar-refractivity contribution in [3.63, 3.8) is 0 Å². The van der Waals surface area contributed by atoms with Crippen LogP contribution in [0.25, 0.3) is 0 Å². The number of rotatable bonds is 4. The Labute approximate surface area is 111 Å². The molecule has 0 unspecified atom stereocenters. The highest BCUT2D eigenvalue weighted by molar-refractivity contribution is 9.08. The van der Waals surface area contributed by atoms with E-state index in [0.29, 0.717) is 0 Å². The van der Waals surface area contributed by atoms with E-state index in [1.807, 2.05) is 6.07 Å². The van der Waals surface area contributed by atoms with E-state index in [4.69, 9.17) is 10.00 Å². The number of halogens is 3. The SMILES string of the molecule is CCOC(=O)c1c(C(F)F)ccc(C#N)c1CBr. The first-order valence-corrected chi connectivity index (χ1v) is 6.26. The maximum atomic E-state index is 12.9. The largest absolute Gasteiger partial charge is 0.462 e.